The number of ketones is 1. The van der Waals surface area contributed by atoms with E-state index in [1.54, 1.807) is 0 Å². The lowest BCUT2D eigenvalue weighted by Crippen LogP contribution is -2.24. The van der Waals surface area contributed by atoms with Crippen LogP contribution in [0.2, 0.25) is 5.02 Å². The summed E-state index contributed by atoms with van der Waals surface area (Å²) in [6.07, 6.45) is 1.80. The van der Waals surface area contributed by atoms with Crippen LogP contribution in [0.1, 0.15) is 41.3 Å². The van der Waals surface area contributed by atoms with Crippen LogP contribution in [-0.2, 0) is 4.74 Å². The van der Waals surface area contributed by atoms with Crippen molar-refractivity contribution in [2.24, 2.45) is 5.92 Å². The van der Waals surface area contributed by atoms with Gasteiger partial charge in [0.05, 0.1) is 12.0 Å². The molecule has 2 rings (SSSR count). The molecule has 0 radical (unpaired) electrons. The van der Waals surface area contributed by atoms with Crippen LogP contribution in [0.5, 0.6) is 0 Å². The van der Waals surface area contributed by atoms with Gasteiger partial charge >= 0.3 is 0 Å². The lowest BCUT2D eigenvalue weighted by molar-refractivity contribution is 0.0688. The average molecular weight is 267 g/mol. The van der Waals surface area contributed by atoms with Crippen molar-refractivity contribution in [1.82, 2.24) is 0 Å². The van der Waals surface area contributed by atoms with Gasteiger partial charge in [-0.25, -0.2) is 0 Å². The van der Waals surface area contributed by atoms with Crippen molar-refractivity contribution in [1.29, 1.82) is 0 Å². The van der Waals surface area contributed by atoms with E-state index in [-0.39, 0.29) is 17.8 Å². The second-order valence-electron chi connectivity index (χ2n) is 4.99. The molecule has 0 aromatic heterocycles. The second-order valence-corrected chi connectivity index (χ2v) is 5.40. The van der Waals surface area contributed by atoms with Crippen molar-refractivity contribution in [2.75, 3.05) is 6.61 Å². The molecule has 1 saturated heterocycles. The molecule has 0 amide bonds. The zero-order chi connectivity index (χ0) is 13.3. The molecule has 0 spiro atoms. The minimum atomic E-state index is 0.00859. The van der Waals surface area contributed by atoms with Crippen LogP contribution in [0.25, 0.3) is 0 Å². The van der Waals surface area contributed by atoms with E-state index in [0.29, 0.717) is 6.61 Å². The monoisotopic (exact) mass is 266 g/mol. The van der Waals surface area contributed by atoms with Crippen LogP contribution in [0.3, 0.4) is 0 Å². The van der Waals surface area contributed by atoms with E-state index < -0.39 is 0 Å². The van der Waals surface area contributed by atoms with Gasteiger partial charge in [0.25, 0.3) is 0 Å². The van der Waals surface area contributed by atoms with Crippen molar-refractivity contribution >= 4 is 17.4 Å². The van der Waals surface area contributed by atoms with Gasteiger partial charge in [-0.1, -0.05) is 18.5 Å². The smallest absolute Gasteiger partial charge is 0.168 e. The molecule has 0 aliphatic carbocycles. The summed E-state index contributed by atoms with van der Waals surface area (Å²) in [4.78, 5) is 12.6. The normalized spacial score (nSPS) is 23.3. The first kappa shape index (κ1) is 13.6. The molecule has 1 aliphatic rings. The van der Waals surface area contributed by atoms with Crippen molar-refractivity contribution in [3.63, 3.8) is 0 Å². The van der Waals surface area contributed by atoms with Crippen LogP contribution < -0.4 is 0 Å². The highest BCUT2D eigenvalue weighted by Gasteiger charge is 2.33. The third-order valence-electron chi connectivity index (χ3n) is 3.72. The summed E-state index contributed by atoms with van der Waals surface area (Å²) in [6, 6.07) is 3.78. The second kappa shape index (κ2) is 5.41. The molecular weight excluding hydrogens is 248 g/mol. The standard InChI is InChI=1S/C15H19ClO2/c1-4-14-11(5-6-18-14)15(17)12-7-10(3)13(16)8-9(12)2/h7-8,11,14H,4-6H2,1-3H3. The number of carbonyl (C=O) groups is 1. The zero-order valence-corrected chi connectivity index (χ0v) is 11.9. The van der Waals surface area contributed by atoms with E-state index >= 15 is 0 Å². The molecule has 2 unspecified atom stereocenters. The average Bonchev–Trinajstić information content (AvgIpc) is 2.81. The number of hydrogen-bond acceptors (Lipinski definition) is 2. The number of halogens is 1. The Labute approximate surface area is 113 Å². The van der Waals surface area contributed by atoms with E-state index in [4.69, 9.17) is 16.3 Å². The lowest BCUT2D eigenvalue weighted by atomic mass is 9.88. The molecule has 0 N–H and O–H groups in total. The first-order valence-corrected chi connectivity index (χ1v) is 6.85. The Morgan fingerprint density at radius 1 is 1.39 bits per heavy atom. The van der Waals surface area contributed by atoms with Gasteiger partial charge < -0.3 is 4.74 Å². The highest BCUT2D eigenvalue weighted by Crippen LogP contribution is 2.29. The molecule has 98 valence electrons. The highest BCUT2D eigenvalue weighted by molar-refractivity contribution is 6.31. The van der Waals surface area contributed by atoms with Crippen LogP contribution >= 0.6 is 11.6 Å². The molecule has 2 atom stereocenters. The van der Waals surface area contributed by atoms with E-state index in [2.05, 4.69) is 6.92 Å². The molecule has 2 nitrogen and oxygen atoms in total. The molecule has 1 aromatic carbocycles. The maximum absolute atomic E-state index is 12.6. The molecule has 1 aromatic rings. The minimum absolute atomic E-state index is 0.00859. The Morgan fingerprint density at radius 2 is 2.11 bits per heavy atom. The van der Waals surface area contributed by atoms with E-state index in [1.807, 2.05) is 26.0 Å². The Bertz CT molecular complexity index is 468. The summed E-state index contributed by atoms with van der Waals surface area (Å²) >= 11 is 6.07. The Kier molecular flexibility index (Phi) is 4.08. The SMILES string of the molecule is CCC1OCCC1C(=O)c1cc(C)c(Cl)cc1C. The number of benzene rings is 1. The Hall–Kier alpha value is -0.860. The largest absolute Gasteiger partial charge is 0.377 e. The lowest BCUT2D eigenvalue weighted by Gasteiger charge is -2.17. The summed E-state index contributed by atoms with van der Waals surface area (Å²) < 4.78 is 5.60. The van der Waals surface area contributed by atoms with Crippen LogP contribution in [0, 0.1) is 19.8 Å². The predicted molar refractivity (Wildman–Crippen MR) is 73.4 cm³/mol. The fraction of sp³-hybridized carbons (Fsp3) is 0.533. The molecule has 18 heavy (non-hydrogen) atoms. The van der Waals surface area contributed by atoms with Crippen LogP contribution in [0.15, 0.2) is 12.1 Å². The number of carbonyl (C=O) groups excluding carboxylic acids is 1. The van der Waals surface area contributed by atoms with Crippen molar-refractivity contribution in [3.8, 4) is 0 Å². The maximum atomic E-state index is 12.6. The first-order valence-electron chi connectivity index (χ1n) is 6.47. The van der Waals surface area contributed by atoms with Gasteiger partial charge in [0, 0.05) is 17.2 Å². The number of rotatable bonds is 3. The van der Waals surface area contributed by atoms with Gasteiger partial charge in [-0.05, 0) is 49.9 Å². The van der Waals surface area contributed by atoms with E-state index in [0.717, 1.165) is 34.6 Å². The van der Waals surface area contributed by atoms with Crippen molar-refractivity contribution in [3.05, 3.63) is 33.8 Å². The summed E-state index contributed by atoms with van der Waals surface area (Å²) in [5.74, 6) is 0.214. The molecular formula is C15H19ClO2. The Morgan fingerprint density at radius 3 is 2.78 bits per heavy atom. The third-order valence-corrected chi connectivity index (χ3v) is 4.13. The summed E-state index contributed by atoms with van der Waals surface area (Å²) in [6.45, 7) is 6.63. The number of aryl methyl sites for hydroxylation is 2. The molecule has 1 aliphatic heterocycles. The zero-order valence-electron chi connectivity index (χ0n) is 11.1. The first-order chi connectivity index (χ1) is 8.54. The van der Waals surface area contributed by atoms with Crippen LogP contribution in [-0.4, -0.2) is 18.5 Å². The van der Waals surface area contributed by atoms with Gasteiger partial charge in [0.2, 0.25) is 0 Å². The van der Waals surface area contributed by atoms with E-state index in [9.17, 15) is 4.79 Å². The summed E-state index contributed by atoms with van der Waals surface area (Å²) in [5, 5.41) is 0.721. The number of Topliss-reactive ketones (excluding diaryl/α,β-unsaturated/α-hetero) is 1. The molecule has 3 heteroatoms. The predicted octanol–water partition coefficient (Wildman–Crippen LogP) is 3.95. The Balaban J connectivity index is 2.31. The quantitative estimate of drug-likeness (QED) is 0.774. The van der Waals surface area contributed by atoms with Crippen molar-refractivity contribution < 1.29 is 9.53 Å². The fourth-order valence-electron chi connectivity index (χ4n) is 2.60. The van der Waals surface area contributed by atoms with Gasteiger partial charge in [-0.2, -0.15) is 0 Å². The van der Waals surface area contributed by atoms with Gasteiger partial charge in [-0.3, -0.25) is 4.79 Å². The highest BCUT2D eigenvalue weighted by atomic mass is 35.5. The number of ether oxygens (including phenoxy) is 1. The van der Waals surface area contributed by atoms with Gasteiger partial charge in [-0.15, -0.1) is 0 Å². The summed E-state index contributed by atoms with van der Waals surface area (Å²) in [7, 11) is 0. The van der Waals surface area contributed by atoms with Crippen molar-refractivity contribution in [2.45, 2.75) is 39.7 Å². The molecule has 0 bridgehead atoms. The summed E-state index contributed by atoms with van der Waals surface area (Å²) in [5.41, 5.74) is 2.71. The topological polar surface area (TPSA) is 26.3 Å². The fourth-order valence-corrected chi connectivity index (χ4v) is 2.82. The molecule has 1 fully saturated rings. The molecule has 1 heterocycles. The maximum Gasteiger partial charge on any atom is 0.168 e. The molecule has 0 saturated carbocycles. The van der Waals surface area contributed by atoms with Gasteiger partial charge in [0.1, 0.15) is 0 Å². The van der Waals surface area contributed by atoms with Gasteiger partial charge in [0.15, 0.2) is 5.78 Å². The van der Waals surface area contributed by atoms with E-state index in [1.165, 1.54) is 0 Å². The number of hydrogen-bond donors (Lipinski definition) is 0. The minimum Gasteiger partial charge on any atom is -0.377 e. The third kappa shape index (κ3) is 2.45. The van der Waals surface area contributed by atoms with Crippen LogP contribution in [0.4, 0.5) is 0 Å².